The second kappa shape index (κ2) is 5.08. The second-order valence-electron chi connectivity index (χ2n) is 4.71. The Morgan fingerprint density at radius 1 is 1.25 bits per heavy atom. The Labute approximate surface area is 116 Å². The Balaban J connectivity index is 1.95. The number of carbonyl (C=O) groups is 2. The summed E-state index contributed by atoms with van der Waals surface area (Å²) in [6.45, 7) is -0.232. The molecule has 2 aliphatic rings. The van der Waals surface area contributed by atoms with Gasteiger partial charge in [-0.25, -0.2) is 4.90 Å². The number of aliphatic hydroxyl groups excluding tert-OH is 1. The van der Waals surface area contributed by atoms with Crippen molar-refractivity contribution < 1.29 is 19.4 Å². The minimum atomic E-state index is -0.509. The number of benzene rings is 1. The van der Waals surface area contributed by atoms with E-state index in [9.17, 15) is 9.59 Å². The fourth-order valence-electron chi connectivity index (χ4n) is 2.52. The predicted molar refractivity (Wildman–Crippen MR) is 70.8 cm³/mol. The van der Waals surface area contributed by atoms with Gasteiger partial charge in [-0.3, -0.25) is 9.59 Å². The van der Waals surface area contributed by atoms with E-state index in [1.807, 2.05) is 0 Å². The van der Waals surface area contributed by atoms with Gasteiger partial charge in [0, 0.05) is 5.56 Å². The van der Waals surface area contributed by atoms with Crippen LogP contribution in [0.2, 0.25) is 0 Å². The van der Waals surface area contributed by atoms with Crippen molar-refractivity contribution in [1.29, 1.82) is 0 Å². The Hall–Kier alpha value is -2.16. The molecule has 2 heterocycles. The van der Waals surface area contributed by atoms with E-state index >= 15 is 0 Å². The van der Waals surface area contributed by atoms with E-state index in [4.69, 9.17) is 9.84 Å². The highest BCUT2D eigenvalue weighted by atomic mass is 16.5. The molecule has 2 saturated heterocycles. The smallest absolute Gasteiger partial charge is 0.262 e. The summed E-state index contributed by atoms with van der Waals surface area (Å²) in [7, 11) is 0. The van der Waals surface area contributed by atoms with Crippen LogP contribution < -0.4 is 4.90 Å². The molecule has 5 nitrogen and oxygen atoms in total. The van der Waals surface area contributed by atoms with Gasteiger partial charge in [0.1, 0.15) is 18.8 Å². The summed E-state index contributed by atoms with van der Waals surface area (Å²) >= 11 is 0. The lowest BCUT2D eigenvalue weighted by atomic mass is 10.1. The van der Waals surface area contributed by atoms with Crippen LogP contribution in [0, 0.1) is 11.8 Å². The third-order valence-electron chi connectivity index (χ3n) is 3.43. The lowest BCUT2D eigenvalue weighted by Crippen LogP contribution is -2.52. The second-order valence-corrected chi connectivity index (χ2v) is 4.71. The molecule has 2 bridgehead atoms. The molecule has 0 saturated carbocycles. The minimum absolute atomic E-state index is 0.232. The zero-order valence-electron chi connectivity index (χ0n) is 10.7. The number of anilines is 1. The highest BCUT2D eigenvalue weighted by molar-refractivity contribution is 6.19. The summed E-state index contributed by atoms with van der Waals surface area (Å²) in [5.41, 5.74) is 1.15. The molecular formula is C15H13NO4. The number of ether oxygens (including phenoxy) is 1. The summed E-state index contributed by atoms with van der Waals surface area (Å²) in [6, 6.07) is 6.86. The van der Waals surface area contributed by atoms with Gasteiger partial charge >= 0.3 is 0 Å². The Morgan fingerprint density at radius 2 is 1.95 bits per heavy atom. The highest BCUT2D eigenvalue weighted by Gasteiger charge is 2.47. The fraction of sp³-hybridized carbons (Fsp3) is 0.333. The monoisotopic (exact) mass is 271 g/mol. The van der Waals surface area contributed by atoms with Crippen molar-refractivity contribution in [2.24, 2.45) is 0 Å². The normalized spacial score (nSPS) is 24.6. The van der Waals surface area contributed by atoms with Crippen LogP contribution in [-0.4, -0.2) is 35.7 Å². The zero-order valence-corrected chi connectivity index (χ0v) is 10.7. The number of imide groups is 1. The number of fused-ring (bicyclic) bond motifs is 2. The molecule has 0 spiro atoms. The molecule has 2 amide bonds. The van der Waals surface area contributed by atoms with E-state index in [0.29, 0.717) is 24.1 Å². The third-order valence-corrected chi connectivity index (χ3v) is 3.43. The van der Waals surface area contributed by atoms with Crippen molar-refractivity contribution in [2.45, 2.75) is 25.0 Å². The van der Waals surface area contributed by atoms with Crippen LogP contribution in [0.25, 0.3) is 0 Å². The van der Waals surface area contributed by atoms with Gasteiger partial charge in [-0.15, -0.1) is 0 Å². The maximum absolute atomic E-state index is 12.2. The van der Waals surface area contributed by atoms with Crippen LogP contribution in [-0.2, 0) is 14.3 Å². The molecular weight excluding hydrogens is 258 g/mol. The Kier molecular flexibility index (Phi) is 3.26. The lowest BCUT2D eigenvalue weighted by molar-refractivity contribution is -0.146. The van der Waals surface area contributed by atoms with Gasteiger partial charge in [-0.05, 0) is 31.0 Å². The number of rotatable bonds is 1. The average molecular weight is 271 g/mol. The molecule has 0 aliphatic carbocycles. The minimum Gasteiger partial charge on any atom is -0.384 e. The summed E-state index contributed by atoms with van der Waals surface area (Å²) in [5.74, 6) is 4.68. The van der Waals surface area contributed by atoms with Crippen LogP contribution in [0.3, 0.4) is 0 Å². The summed E-state index contributed by atoms with van der Waals surface area (Å²) in [6.07, 6.45) is 0.167. The SMILES string of the molecule is O=C1C2CCC(O2)C(=O)N1c1cccc(C#CCO)c1. The summed E-state index contributed by atoms with van der Waals surface area (Å²) in [4.78, 5) is 25.6. The lowest BCUT2D eigenvalue weighted by Gasteiger charge is -2.29. The first-order valence-electron chi connectivity index (χ1n) is 6.44. The van der Waals surface area contributed by atoms with Gasteiger partial charge in [0.15, 0.2) is 0 Å². The van der Waals surface area contributed by atoms with Crippen molar-refractivity contribution in [3.8, 4) is 11.8 Å². The van der Waals surface area contributed by atoms with Crippen LogP contribution >= 0.6 is 0 Å². The van der Waals surface area contributed by atoms with Crippen LogP contribution in [0.4, 0.5) is 5.69 Å². The maximum Gasteiger partial charge on any atom is 0.262 e. The highest BCUT2D eigenvalue weighted by Crippen LogP contribution is 2.31. The standard InChI is InChI=1S/C15H13NO4/c17-8-2-4-10-3-1-5-11(9-10)16-14(18)12-6-7-13(20-12)15(16)19/h1,3,5,9,12-13,17H,6-8H2. The van der Waals surface area contributed by atoms with Crippen molar-refractivity contribution in [3.63, 3.8) is 0 Å². The molecule has 2 fully saturated rings. The first-order chi connectivity index (χ1) is 9.70. The molecule has 3 rings (SSSR count). The molecule has 1 aromatic rings. The topological polar surface area (TPSA) is 66.8 Å². The quantitative estimate of drug-likeness (QED) is 0.595. The van der Waals surface area contributed by atoms with Crippen molar-refractivity contribution in [3.05, 3.63) is 29.8 Å². The van der Waals surface area contributed by atoms with Gasteiger partial charge in [0.2, 0.25) is 0 Å². The number of hydrogen-bond acceptors (Lipinski definition) is 4. The van der Waals surface area contributed by atoms with E-state index in [1.54, 1.807) is 24.3 Å². The maximum atomic E-state index is 12.2. The molecule has 0 aromatic heterocycles. The van der Waals surface area contributed by atoms with Crippen molar-refractivity contribution in [1.82, 2.24) is 0 Å². The van der Waals surface area contributed by atoms with Crippen LogP contribution in [0.5, 0.6) is 0 Å². The number of morpholine rings is 1. The average Bonchev–Trinajstić information content (AvgIpc) is 2.91. The first-order valence-corrected chi connectivity index (χ1v) is 6.44. The molecule has 1 aromatic carbocycles. The number of carbonyl (C=O) groups excluding carboxylic acids is 2. The predicted octanol–water partition coefficient (Wildman–Crippen LogP) is 0.451. The van der Waals surface area contributed by atoms with Gasteiger partial charge < -0.3 is 9.84 Å². The fourth-order valence-corrected chi connectivity index (χ4v) is 2.52. The Morgan fingerprint density at radius 3 is 2.60 bits per heavy atom. The van der Waals surface area contributed by atoms with Crippen molar-refractivity contribution in [2.75, 3.05) is 11.5 Å². The molecule has 1 N–H and O–H groups in total. The molecule has 0 radical (unpaired) electrons. The van der Waals surface area contributed by atoms with E-state index in [1.165, 1.54) is 4.90 Å². The van der Waals surface area contributed by atoms with Gasteiger partial charge in [-0.1, -0.05) is 17.9 Å². The van der Waals surface area contributed by atoms with Gasteiger partial charge in [-0.2, -0.15) is 0 Å². The van der Waals surface area contributed by atoms with E-state index in [0.717, 1.165) is 0 Å². The molecule has 20 heavy (non-hydrogen) atoms. The van der Waals surface area contributed by atoms with Crippen LogP contribution in [0.1, 0.15) is 18.4 Å². The molecule has 102 valence electrons. The van der Waals surface area contributed by atoms with Crippen LogP contribution in [0.15, 0.2) is 24.3 Å². The van der Waals surface area contributed by atoms with E-state index in [2.05, 4.69) is 11.8 Å². The number of amides is 2. The number of nitrogens with zero attached hydrogens (tertiary/aromatic N) is 1. The molecule has 2 atom stereocenters. The first kappa shape index (κ1) is 12.9. The van der Waals surface area contributed by atoms with Gasteiger partial charge in [0.05, 0.1) is 5.69 Å². The van der Waals surface area contributed by atoms with Gasteiger partial charge in [0.25, 0.3) is 11.8 Å². The largest absolute Gasteiger partial charge is 0.384 e. The molecule has 2 unspecified atom stereocenters. The Bertz CT molecular complexity index is 606. The van der Waals surface area contributed by atoms with E-state index < -0.39 is 12.2 Å². The molecule has 2 aliphatic heterocycles. The summed E-state index contributed by atoms with van der Waals surface area (Å²) in [5, 5.41) is 8.70. The number of aliphatic hydroxyl groups is 1. The summed E-state index contributed by atoms with van der Waals surface area (Å²) < 4.78 is 5.37. The number of hydrogen-bond donors (Lipinski definition) is 1. The van der Waals surface area contributed by atoms with Crippen molar-refractivity contribution >= 4 is 17.5 Å². The third kappa shape index (κ3) is 2.09. The van der Waals surface area contributed by atoms with E-state index in [-0.39, 0.29) is 18.4 Å². The molecule has 5 heteroatoms. The zero-order chi connectivity index (χ0) is 14.1.